The number of hydrogen-bond donors (Lipinski definition) is 0. The first-order chi connectivity index (χ1) is 11.3. The predicted octanol–water partition coefficient (Wildman–Crippen LogP) is 2.78. The third-order valence-corrected chi connectivity index (χ3v) is 6.60. The fraction of sp³-hybridized carbons (Fsp3) is 0.600. The van der Waals surface area contributed by atoms with Gasteiger partial charge in [-0.1, -0.05) is 13.8 Å². The van der Waals surface area contributed by atoms with Crippen LogP contribution < -0.4 is 0 Å². The van der Waals surface area contributed by atoms with E-state index in [-0.39, 0.29) is 35.7 Å². The standard InChI is InChI=1S/C15H21ClN2O5S/c1-3-15(4-2)11-17(10-13(9-16)23-15)24(21,22)14-7-5-12(6-8-14)18(19)20/h5-8,13H,3-4,9-11H2,1-2H3. The van der Waals surface area contributed by atoms with Crippen molar-refractivity contribution in [1.82, 2.24) is 4.31 Å². The third-order valence-electron chi connectivity index (χ3n) is 4.43. The number of nitro groups is 1. The van der Waals surface area contributed by atoms with Crippen molar-refractivity contribution < 1.29 is 18.1 Å². The molecular weight excluding hydrogens is 356 g/mol. The summed E-state index contributed by atoms with van der Waals surface area (Å²) in [5.74, 6) is 0.202. The van der Waals surface area contributed by atoms with Crippen molar-refractivity contribution in [2.75, 3.05) is 19.0 Å². The molecule has 1 aromatic rings. The summed E-state index contributed by atoms with van der Waals surface area (Å²) in [4.78, 5) is 10.2. The zero-order valence-corrected chi connectivity index (χ0v) is 15.2. The monoisotopic (exact) mass is 376 g/mol. The Labute approximate surface area is 146 Å². The second kappa shape index (κ2) is 7.35. The number of ether oxygens (including phenoxy) is 1. The highest BCUT2D eigenvalue weighted by Gasteiger charge is 2.42. The maximum atomic E-state index is 12.9. The van der Waals surface area contributed by atoms with Crippen molar-refractivity contribution in [3.8, 4) is 0 Å². The van der Waals surface area contributed by atoms with E-state index in [1.54, 1.807) is 0 Å². The molecule has 0 bridgehead atoms. The smallest absolute Gasteiger partial charge is 0.269 e. The van der Waals surface area contributed by atoms with Gasteiger partial charge in [-0.25, -0.2) is 8.42 Å². The molecule has 1 atom stereocenters. The number of sulfonamides is 1. The summed E-state index contributed by atoms with van der Waals surface area (Å²) >= 11 is 5.92. The summed E-state index contributed by atoms with van der Waals surface area (Å²) in [6.45, 7) is 4.32. The van der Waals surface area contributed by atoms with E-state index in [1.807, 2.05) is 13.8 Å². The number of non-ortho nitro benzene ring substituents is 1. The van der Waals surface area contributed by atoms with Gasteiger partial charge in [-0.05, 0) is 25.0 Å². The van der Waals surface area contributed by atoms with Gasteiger partial charge in [-0.15, -0.1) is 11.6 Å². The molecule has 0 amide bonds. The maximum absolute atomic E-state index is 12.9. The summed E-state index contributed by atoms with van der Waals surface area (Å²) in [6.07, 6.45) is 0.958. The Morgan fingerprint density at radius 3 is 2.38 bits per heavy atom. The van der Waals surface area contributed by atoms with Crippen molar-refractivity contribution in [1.29, 1.82) is 0 Å². The first kappa shape index (κ1) is 19.1. The van der Waals surface area contributed by atoms with Crippen LogP contribution in [0.15, 0.2) is 29.2 Å². The molecule has 1 saturated heterocycles. The average Bonchev–Trinajstić information content (AvgIpc) is 2.61. The van der Waals surface area contributed by atoms with Gasteiger partial charge >= 0.3 is 0 Å². The van der Waals surface area contributed by atoms with Crippen molar-refractivity contribution in [2.45, 2.75) is 43.3 Å². The first-order valence-electron chi connectivity index (χ1n) is 7.76. The topological polar surface area (TPSA) is 89.8 Å². The zero-order chi connectivity index (χ0) is 18.0. The molecule has 7 nitrogen and oxygen atoms in total. The summed E-state index contributed by atoms with van der Waals surface area (Å²) in [5, 5.41) is 10.7. The summed E-state index contributed by atoms with van der Waals surface area (Å²) < 4.78 is 33.2. The molecule has 2 rings (SSSR count). The van der Waals surface area contributed by atoms with Crippen molar-refractivity contribution in [2.24, 2.45) is 0 Å². The molecule has 0 spiro atoms. The minimum Gasteiger partial charge on any atom is -0.368 e. The van der Waals surface area contributed by atoms with Gasteiger partial charge in [0.05, 0.1) is 21.5 Å². The van der Waals surface area contributed by atoms with Crippen molar-refractivity contribution >= 4 is 27.3 Å². The average molecular weight is 377 g/mol. The Balaban J connectivity index is 2.34. The van der Waals surface area contributed by atoms with Crippen LogP contribution in [-0.2, 0) is 14.8 Å². The number of hydrogen-bond acceptors (Lipinski definition) is 5. The van der Waals surface area contributed by atoms with E-state index in [2.05, 4.69) is 0 Å². The highest BCUT2D eigenvalue weighted by molar-refractivity contribution is 7.89. The molecule has 0 N–H and O–H groups in total. The second-order valence-corrected chi connectivity index (χ2v) is 8.08. The molecule has 134 valence electrons. The fourth-order valence-electron chi connectivity index (χ4n) is 2.83. The Kier molecular flexibility index (Phi) is 5.85. The first-order valence-corrected chi connectivity index (χ1v) is 9.74. The van der Waals surface area contributed by atoms with Gasteiger partial charge in [-0.3, -0.25) is 10.1 Å². The number of nitrogens with zero attached hydrogens (tertiary/aromatic N) is 2. The van der Waals surface area contributed by atoms with E-state index >= 15 is 0 Å². The molecule has 1 aromatic carbocycles. The van der Waals surface area contributed by atoms with Crippen LogP contribution in [-0.4, -0.2) is 48.3 Å². The highest BCUT2D eigenvalue weighted by Crippen LogP contribution is 2.32. The van der Waals surface area contributed by atoms with Gasteiger partial charge in [0, 0.05) is 31.1 Å². The lowest BCUT2D eigenvalue weighted by atomic mass is 9.95. The Bertz CT molecular complexity index is 688. The third kappa shape index (κ3) is 3.72. The lowest BCUT2D eigenvalue weighted by Gasteiger charge is -2.44. The van der Waals surface area contributed by atoms with Gasteiger partial charge in [0.15, 0.2) is 0 Å². The minimum absolute atomic E-state index is 0.0319. The normalized spacial score (nSPS) is 21.5. The lowest BCUT2D eigenvalue weighted by molar-refractivity contribution is -0.384. The van der Waals surface area contributed by atoms with E-state index in [0.29, 0.717) is 12.8 Å². The number of rotatable bonds is 6. The van der Waals surface area contributed by atoms with Crippen LogP contribution in [0.2, 0.25) is 0 Å². The van der Waals surface area contributed by atoms with E-state index < -0.39 is 20.5 Å². The van der Waals surface area contributed by atoms with Gasteiger partial charge in [0.25, 0.3) is 5.69 Å². The molecule has 1 aliphatic rings. The number of nitro benzene ring substituents is 1. The molecule has 1 aliphatic heterocycles. The minimum atomic E-state index is -3.77. The number of alkyl halides is 1. The summed E-state index contributed by atoms with van der Waals surface area (Å²) in [6, 6.07) is 4.91. The Hall–Kier alpha value is -1.22. The SMILES string of the molecule is CCC1(CC)CN(S(=O)(=O)c2ccc([N+](=O)[O-])cc2)CC(CCl)O1. The molecule has 1 heterocycles. The van der Waals surface area contributed by atoms with E-state index in [0.717, 1.165) is 0 Å². The summed E-state index contributed by atoms with van der Waals surface area (Å²) in [7, 11) is -3.77. The van der Waals surface area contributed by atoms with E-state index in [4.69, 9.17) is 16.3 Å². The van der Waals surface area contributed by atoms with Crippen LogP contribution in [0.25, 0.3) is 0 Å². The highest BCUT2D eigenvalue weighted by atomic mass is 35.5. The second-order valence-electron chi connectivity index (χ2n) is 5.83. The molecule has 1 fully saturated rings. The number of morpholine rings is 1. The van der Waals surface area contributed by atoms with E-state index in [9.17, 15) is 18.5 Å². The number of halogens is 1. The van der Waals surface area contributed by atoms with Crippen LogP contribution in [0.5, 0.6) is 0 Å². The maximum Gasteiger partial charge on any atom is 0.269 e. The molecule has 0 saturated carbocycles. The van der Waals surface area contributed by atoms with Crippen LogP contribution in [0.1, 0.15) is 26.7 Å². The largest absolute Gasteiger partial charge is 0.368 e. The van der Waals surface area contributed by atoms with Gasteiger partial charge in [0.1, 0.15) is 0 Å². The fourth-order valence-corrected chi connectivity index (χ4v) is 4.54. The molecule has 24 heavy (non-hydrogen) atoms. The Morgan fingerprint density at radius 1 is 1.33 bits per heavy atom. The van der Waals surface area contributed by atoms with Gasteiger partial charge in [0.2, 0.25) is 10.0 Å². The quantitative estimate of drug-likeness (QED) is 0.432. The predicted molar refractivity (Wildman–Crippen MR) is 90.8 cm³/mol. The molecule has 1 unspecified atom stereocenters. The van der Waals surface area contributed by atoms with Crippen LogP contribution in [0.3, 0.4) is 0 Å². The molecule has 0 aliphatic carbocycles. The Morgan fingerprint density at radius 2 is 1.92 bits per heavy atom. The van der Waals surface area contributed by atoms with Gasteiger partial charge < -0.3 is 4.74 Å². The van der Waals surface area contributed by atoms with Crippen molar-refractivity contribution in [3.05, 3.63) is 34.4 Å². The molecule has 9 heteroatoms. The van der Waals surface area contributed by atoms with E-state index in [1.165, 1.54) is 28.6 Å². The van der Waals surface area contributed by atoms with Crippen LogP contribution >= 0.6 is 11.6 Å². The summed E-state index contributed by atoms with van der Waals surface area (Å²) in [5.41, 5.74) is -0.711. The zero-order valence-electron chi connectivity index (χ0n) is 13.6. The van der Waals surface area contributed by atoms with Crippen molar-refractivity contribution in [3.63, 3.8) is 0 Å². The lowest BCUT2D eigenvalue weighted by Crippen LogP contribution is -2.57. The molecule has 0 radical (unpaired) electrons. The van der Waals surface area contributed by atoms with Gasteiger partial charge in [-0.2, -0.15) is 4.31 Å². The van der Waals surface area contributed by atoms with Crippen LogP contribution in [0.4, 0.5) is 5.69 Å². The molecular formula is C15H21ClN2O5S. The van der Waals surface area contributed by atoms with Crippen LogP contribution in [0, 0.1) is 10.1 Å². The molecule has 0 aromatic heterocycles. The number of benzene rings is 1.